The van der Waals surface area contributed by atoms with Crippen LogP contribution >= 0.6 is 0 Å². The number of carbonyl (C=O) groups excluding carboxylic acids is 1. The molecule has 26 heavy (non-hydrogen) atoms. The lowest BCUT2D eigenvalue weighted by Crippen LogP contribution is -2.53. The average Bonchev–Trinajstić information content (AvgIpc) is 2.63. The van der Waals surface area contributed by atoms with Crippen molar-refractivity contribution in [3.63, 3.8) is 0 Å². The summed E-state index contributed by atoms with van der Waals surface area (Å²) in [5.74, 6) is 4.03. The van der Waals surface area contributed by atoms with Crippen LogP contribution in [0.5, 0.6) is 0 Å². The van der Waals surface area contributed by atoms with Crippen molar-refractivity contribution in [3.8, 4) is 0 Å². The fourth-order valence-electron chi connectivity index (χ4n) is 7.12. The number of rotatable bonds is 5. The molecule has 6 rings (SSSR count). The van der Waals surface area contributed by atoms with Gasteiger partial charge in [0.05, 0.1) is 6.54 Å². The zero-order valence-corrected chi connectivity index (χ0v) is 16.0. The number of Topliss-reactive ketones (excluding diaryl/α,β-unsaturated/α-hetero) is 1. The minimum Gasteiger partial charge on any atom is -0.298 e. The molecule has 1 heterocycles. The Morgan fingerprint density at radius 2 is 1.50 bits per heavy atom. The summed E-state index contributed by atoms with van der Waals surface area (Å²) in [5, 5.41) is 0. The number of carbonyl (C=O) groups is 1. The Bertz CT molecular complexity index is 608. The molecule has 0 spiro atoms. The van der Waals surface area contributed by atoms with Gasteiger partial charge in [0, 0.05) is 5.41 Å². The van der Waals surface area contributed by atoms with Crippen molar-refractivity contribution < 1.29 is 4.79 Å². The van der Waals surface area contributed by atoms with Crippen LogP contribution in [-0.2, 0) is 11.2 Å². The van der Waals surface area contributed by atoms with Gasteiger partial charge in [-0.1, -0.05) is 30.3 Å². The molecule has 0 amide bonds. The monoisotopic (exact) mass is 351 g/mol. The summed E-state index contributed by atoms with van der Waals surface area (Å²) in [4.78, 5) is 15.8. The lowest BCUT2D eigenvalue weighted by molar-refractivity contribution is -0.145. The van der Waals surface area contributed by atoms with Crippen LogP contribution in [0.2, 0.25) is 0 Å². The van der Waals surface area contributed by atoms with Crippen LogP contribution in [0.1, 0.15) is 56.9 Å². The molecule has 0 aromatic heterocycles. The number of nitrogens with zero attached hydrogens (tertiary/aromatic N) is 1. The van der Waals surface area contributed by atoms with Gasteiger partial charge in [-0.15, -0.1) is 0 Å². The Kier molecular flexibility index (Phi) is 4.43. The fourth-order valence-corrected chi connectivity index (χ4v) is 7.12. The molecule has 0 atom stereocenters. The van der Waals surface area contributed by atoms with Crippen LogP contribution in [-0.4, -0.2) is 30.3 Å². The first kappa shape index (κ1) is 17.0. The Morgan fingerprint density at radius 1 is 0.923 bits per heavy atom. The Hall–Kier alpha value is -1.15. The van der Waals surface area contributed by atoms with Crippen molar-refractivity contribution in [2.75, 3.05) is 19.6 Å². The third-order valence-electron chi connectivity index (χ3n) is 8.07. The van der Waals surface area contributed by atoms with Gasteiger partial charge in [-0.25, -0.2) is 0 Å². The average molecular weight is 352 g/mol. The Labute approximate surface area is 158 Å². The lowest BCUT2D eigenvalue weighted by Gasteiger charge is -2.56. The highest BCUT2D eigenvalue weighted by Gasteiger charge is 2.54. The summed E-state index contributed by atoms with van der Waals surface area (Å²) >= 11 is 0. The van der Waals surface area contributed by atoms with Crippen LogP contribution in [0.4, 0.5) is 0 Å². The molecule has 0 radical (unpaired) electrons. The molecule has 2 nitrogen and oxygen atoms in total. The van der Waals surface area contributed by atoms with Crippen molar-refractivity contribution >= 4 is 5.78 Å². The molecule has 4 saturated carbocycles. The smallest absolute Gasteiger partial charge is 0.152 e. The molecule has 140 valence electrons. The van der Waals surface area contributed by atoms with Crippen molar-refractivity contribution in [2.24, 2.45) is 29.1 Å². The van der Waals surface area contributed by atoms with Gasteiger partial charge in [0.25, 0.3) is 0 Å². The van der Waals surface area contributed by atoms with Crippen LogP contribution in [0, 0.1) is 29.1 Å². The highest BCUT2D eigenvalue weighted by atomic mass is 16.1. The first-order valence-electron chi connectivity index (χ1n) is 11.0. The van der Waals surface area contributed by atoms with Crippen molar-refractivity contribution in [2.45, 2.75) is 57.8 Å². The third-order valence-corrected chi connectivity index (χ3v) is 8.07. The number of benzene rings is 1. The first-order chi connectivity index (χ1) is 12.7. The number of ketones is 1. The molecule has 4 bridgehead atoms. The largest absolute Gasteiger partial charge is 0.298 e. The van der Waals surface area contributed by atoms with Crippen molar-refractivity contribution in [1.82, 2.24) is 4.90 Å². The molecular weight excluding hydrogens is 318 g/mol. The van der Waals surface area contributed by atoms with Gasteiger partial charge in [0.2, 0.25) is 0 Å². The predicted octanol–water partition coefficient (Wildman–Crippen LogP) is 4.73. The van der Waals surface area contributed by atoms with E-state index >= 15 is 0 Å². The lowest BCUT2D eigenvalue weighted by atomic mass is 9.48. The first-order valence-corrected chi connectivity index (χ1v) is 11.0. The SMILES string of the molecule is O=C(CN1CCC(Cc2ccccc2)CC1)C12CC3CC(CC(C3)C1)C2. The van der Waals surface area contributed by atoms with Crippen LogP contribution < -0.4 is 0 Å². The maximum Gasteiger partial charge on any atom is 0.152 e. The van der Waals surface area contributed by atoms with Crippen molar-refractivity contribution in [1.29, 1.82) is 0 Å². The molecule has 1 aromatic carbocycles. The van der Waals surface area contributed by atoms with E-state index in [4.69, 9.17) is 0 Å². The molecule has 5 aliphatic rings. The second kappa shape index (κ2) is 6.78. The Morgan fingerprint density at radius 3 is 2.08 bits per heavy atom. The van der Waals surface area contributed by atoms with E-state index in [1.165, 1.54) is 63.4 Å². The molecule has 2 heteroatoms. The van der Waals surface area contributed by atoms with Crippen LogP contribution in [0.25, 0.3) is 0 Å². The number of hydrogen-bond donors (Lipinski definition) is 0. The maximum atomic E-state index is 13.3. The molecule has 0 unspecified atom stereocenters. The maximum absolute atomic E-state index is 13.3. The summed E-state index contributed by atoms with van der Waals surface area (Å²) in [6, 6.07) is 10.9. The summed E-state index contributed by atoms with van der Waals surface area (Å²) in [6.45, 7) is 2.98. The van der Waals surface area contributed by atoms with Crippen LogP contribution in [0.15, 0.2) is 30.3 Å². The number of hydrogen-bond acceptors (Lipinski definition) is 2. The minimum absolute atomic E-state index is 0.0929. The zero-order valence-electron chi connectivity index (χ0n) is 16.0. The summed E-state index contributed by atoms with van der Waals surface area (Å²) in [7, 11) is 0. The van der Waals surface area contributed by atoms with Gasteiger partial charge in [-0.3, -0.25) is 9.69 Å². The predicted molar refractivity (Wildman–Crippen MR) is 105 cm³/mol. The van der Waals surface area contributed by atoms with Gasteiger partial charge in [0.15, 0.2) is 5.78 Å². The number of piperidine rings is 1. The summed E-state index contributed by atoms with van der Waals surface area (Å²) < 4.78 is 0. The van der Waals surface area contributed by atoms with E-state index < -0.39 is 0 Å². The molecule has 1 aromatic rings. The molecular formula is C24H33NO. The Balaban J connectivity index is 1.15. The standard InChI is InChI=1S/C24H33NO/c26-23(24-14-20-11-21(15-24)13-22(12-20)16-24)17-25-8-6-19(7-9-25)10-18-4-2-1-3-5-18/h1-5,19-22H,6-17H2. The van der Waals surface area contributed by atoms with E-state index in [1.807, 2.05) is 0 Å². The van der Waals surface area contributed by atoms with E-state index in [9.17, 15) is 4.79 Å². The molecule has 1 aliphatic heterocycles. The topological polar surface area (TPSA) is 20.3 Å². The molecule has 5 fully saturated rings. The van der Waals surface area contributed by atoms with Gasteiger partial charge in [0.1, 0.15) is 0 Å². The third kappa shape index (κ3) is 3.26. The fraction of sp³-hybridized carbons (Fsp3) is 0.708. The van der Waals surface area contributed by atoms with E-state index in [-0.39, 0.29) is 5.41 Å². The van der Waals surface area contributed by atoms with Crippen molar-refractivity contribution in [3.05, 3.63) is 35.9 Å². The van der Waals surface area contributed by atoms with Gasteiger partial charge >= 0.3 is 0 Å². The summed E-state index contributed by atoms with van der Waals surface area (Å²) in [5.41, 5.74) is 1.56. The van der Waals surface area contributed by atoms with E-state index in [1.54, 1.807) is 0 Å². The highest BCUT2D eigenvalue weighted by molar-refractivity contribution is 5.87. The highest BCUT2D eigenvalue weighted by Crippen LogP contribution is 2.60. The molecule has 4 aliphatic carbocycles. The zero-order chi connectivity index (χ0) is 17.6. The van der Waals surface area contributed by atoms with Gasteiger partial charge in [-0.05, 0) is 100 Å². The normalized spacial score (nSPS) is 37.2. The second-order valence-electron chi connectivity index (χ2n) is 10.0. The molecule has 1 saturated heterocycles. The summed E-state index contributed by atoms with van der Waals surface area (Å²) in [6.07, 6.45) is 11.7. The quantitative estimate of drug-likeness (QED) is 0.764. The molecule has 0 N–H and O–H groups in total. The van der Waals surface area contributed by atoms with E-state index in [2.05, 4.69) is 35.2 Å². The van der Waals surface area contributed by atoms with E-state index in [0.717, 1.165) is 43.3 Å². The number of likely N-dealkylation sites (tertiary alicyclic amines) is 1. The van der Waals surface area contributed by atoms with Crippen LogP contribution in [0.3, 0.4) is 0 Å². The minimum atomic E-state index is 0.0929. The second-order valence-corrected chi connectivity index (χ2v) is 10.0. The van der Waals surface area contributed by atoms with Gasteiger partial charge < -0.3 is 0 Å². The van der Waals surface area contributed by atoms with E-state index in [0.29, 0.717) is 5.78 Å². The van der Waals surface area contributed by atoms with Gasteiger partial charge in [-0.2, -0.15) is 0 Å².